The molecule has 3 fully saturated rings. The van der Waals surface area contributed by atoms with Gasteiger partial charge in [-0.2, -0.15) is 4.31 Å². The number of carbonyl (C=O) groups is 1. The molecular weight excluding hydrogens is 393 g/mol. The fourth-order valence-electron chi connectivity index (χ4n) is 5.24. The van der Waals surface area contributed by atoms with Crippen molar-refractivity contribution in [3.8, 4) is 0 Å². The van der Waals surface area contributed by atoms with E-state index in [1.54, 1.807) is 4.90 Å². The van der Waals surface area contributed by atoms with Crippen LogP contribution in [0.3, 0.4) is 0 Å². The van der Waals surface area contributed by atoms with Crippen LogP contribution in [0.25, 0.3) is 0 Å². The Bertz CT molecular complexity index is 839. The van der Waals surface area contributed by atoms with E-state index in [1.807, 2.05) is 0 Å². The van der Waals surface area contributed by atoms with Crippen LogP contribution in [0.2, 0.25) is 0 Å². The van der Waals surface area contributed by atoms with E-state index in [1.165, 1.54) is 59.5 Å². The Kier molecular flexibility index (Phi) is 6.22. The van der Waals surface area contributed by atoms with Gasteiger partial charge in [0, 0.05) is 32.1 Å². The molecule has 6 nitrogen and oxygen atoms in total. The predicted molar refractivity (Wildman–Crippen MR) is 107 cm³/mol. The summed E-state index contributed by atoms with van der Waals surface area (Å²) in [6.45, 7) is 3.99. The third-order valence-electron chi connectivity index (χ3n) is 6.91. The molecule has 3 atom stereocenters. The zero-order chi connectivity index (χ0) is 20.4. The van der Waals surface area contributed by atoms with E-state index in [0.717, 1.165) is 31.0 Å². The zero-order valence-electron chi connectivity index (χ0n) is 16.9. The quantitative estimate of drug-likeness (QED) is 0.776. The van der Waals surface area contributed by atoms with Crippen LogP contribution >= 0.6 is 0 Å². The number of sulfonamides is 1. The van der Waals surface area contributed by atoms with Crippen molar-refractivity contribution in [2.45, 2.75) is 37.0 Å². The molecule has 29 heavy (non-hydrogen) atoms. The maximum Gasteiger partial charge on any atom is 0.277 e. The highest BCUT2D eigenvalue weighted by Gasteiger charge is 2.36. The third-order valence-corrected chi connectivity index (χ3v) is 8.81. The molecule has 1 aliphatic carbocycles. The lowest BCUT2D eigenvalue weighted by molar-refractivity contribution is -0.903. The summed E-state index contributed by atoms with van der Waals surface area (Å²) in [7, 11) is -3.72. The van der Waals surface area contributed by atoms with Crippen molar-refractivity contribution in [3.63, 3.8) is 0 Å². The number of benzene rings is 1. The highest BCUT2D eigenvalue weighted by molar-refractivity contribution is 7.89. The average molecular weight is 425 g/mol. The first-order valence-electron chi connectivity index (χ1n) is 10.8. The molecule has 3 aliphatic rings. The molecule has 160 valence electrons. The standard InChI is InChI=1S/C21H30FN3O3S/c22-19-6-3-7-20(14-19)29(27,28)25-12-10-24(11-13-25)21(26)16-23-9-8-17-4-1-2-5-18(17)15-23/h3,6-7,14,17-18H,1-2,4-5,8-13,15-16H2/p+1/t17-,18-/m1/s1. The lowest BCUT2D eigenvalue weighted by Crippen LogP contribution is -3.15. The molecule has 2 saturated heterocycles. The van der Waals surface area contributed by atoms with Crippen molar-refractivity contribution in [3.05, 3.63) is 30.1 Å². The number of amides is 1. The largest absolute Gasteiger partial charge is 0.335 e. The Labute approximate surface area is 172 Å². The summed E-state index contributed by atoms with van der Waals surface area (Å²) in [6, 6.07) is 5.09. The Balaban J connectivity index is 1.29. The van der Waals surface area contributed by atoms with Crippen LogP contribution in [0.15, 0.2) is 29.2 Å². The Morgan fingerprint density at radius 2 is 1.79 bits per heavy atom. The second kappa shape index (κ2) is 8.70. The number of piperidine rings is 1. The van der Waals surface area contributed by atoms with Gasteiger partial charge in [0.2, 0.25) is 10.0 Å². The van der Waals surface area contributed by atoms with Crippen LogP contribution in [0.4, 0.5) is 4.39 Å². The van der Waals surface area contributed by atoms with Crippen LogP contribution in [-0.2, 0) is 14.8 Å². The van der Waals surface area contributed by atoms with E-state index in [9.17, 15) is 17.6 Å². The summed E-state index contributed by atoms with van der Waals surface area (Å²) in [5.41, 5.74) is 0. The van der Waals surface area contributed by atoms with Gasteiger partial charge in [0.1, 0.15) is 5.82 Å². The highest BCUT2D eigenvalue weighted by atomic mass is 32.2. The molecule has 0 radical (unpaired) electrons. The fourth-order valence-corrected chi connectivity index (χ4v) is 6.69. The normalized spacial score (nSPS) is 28.7. The number of fused-ring (bicyclic) bond motifs is 1. The maximum atomic E-state index is 13.4. The molecule has 0 spiro atoms. The number of hydrogen-bond donors (Lipinski definition) is 1. The first kappa shape index (κ1) is 20.8. The summed E-state index contributed by atoms with van der Waals surface area (Å²) in [4.78, 5) is 15.9. The summed E-state index contributed by atoms with van der Waals surface area (Å²) >= 11 is 0. The van der Waals surface area contributed by atoms with Gasteiger partial charge in [-0.15, -0.1) is 0 Å². The van der Waals surface area contributed by atoms with E-state index in [-0.39, 0.29) is 23.9 Å². The molecule has 4 rings (SSSR count). The molecule has 8 heteroatoms. The molecule has 0 aromatic heterocycles. The van der Waals surface area contributed by atoms with Crippen molar-refractivity contribution < 1.29 is 22.5 Å². The van der Waals surface area contributed by atoms with Crippen LogP contribution in [0.5, 0.6) is 0 Å². The van der Waals surface area contributed by atoms with Crippen molar-refractivity contribution >= 4 is 15.9 Å². The molecule has 1 aromatic carbocycles. The van der Waals surface area contributed by atoms with Gasteiger partial charge in [0.25, 0.3) is 5.91 Å². The van der Waals surface area contributed by atoms with Gasteiger partial charge >= 0.3 is 0 Å². The average Bonchev–Trinajstić information content (AvgIpc) is 2.74. The van der Waals surface area contributed by atoms with Crippen molar-refractivity contribution in [2.24, 2.45) is 11.8 Å². The predicted octanol–water partition coefficient (Wildman–Crippen LogP) is 0.754. The minimum absolute atomic E-state index is 0.0305. The molecule has 1 N–H and O–H groups in total. The highest BCUT2D eigenvalue weighted by Crippen LogP contribution is 2.32. The first-order valence-corrected chi connectivity index (χ1v) is 12.2. The third kappa shape index (κ3) is 4.64. The number of quaternary nitrogens is 1. The van der Waals surface area contributed by atoms with Crippen molar-refractivity contribution in [2.75, 3.05) is 45.8 Å². The molecule has 2 aliphatic heterocycles. The topological polar surface area (TPSA) is 62.1 Å². The number of nitrogens with one attached hydrogen (secondary N) is 1. The van der Waals surface area contributed by atoms with Crippen LogP contribution in [-0.4, -0.2) is 69.3 Å². The van der Waals surface area contributed by atoms with E-state index in [0.29, 0.717) is 19.6 Å². The number of piperazine rings is 1. The van der Waals surface area contributed by atoms with Gasteiger partial charge in [-0.3, -0.25) is 4.79 Å². The lowest BCUT2D eigenvalue weighted by Gasteiger charge is -2.39. The summed E-state index contributed by atoms with van der Waals surface area (Å²) in [5.74, 6) is 1.19. The van der Waals surface area contributed by atoms with Gasteiger partial charge in [-0.1, -0.05) is 18.9 Å². The number of hydrogen-bond acceptors (Lipinski definition) is 3. The van der Waals surface area contributed by atoms with E-state index in [4.69, 9.17) is 0 Å². The Morgan fingerprint density at radius 1 is 1.07 bits per heavy atom. The smallest absolute Gasteiger partial charge is 0.277 e. The van der Waals surface area contributed by atoms with E-state index < -0.39 is 15.8 Å². The number of rotatable bonds is 4. The van der Waals surface area contributed by atoms with Gasteiger partial charge < -0.3 is 9.80 Å². The second-order valence-corrected chi connectivity index (χ2v) is 10.7. The van der Waals surface area contributed by atoms with Gasteiger partial charge in [-0.25, -0.2) is 12.8 Å². The summed E-state index contributed by atoms with van der Waals surface area (Å²) in [5, 5.41) is 0. The Hall–Kier alpha value is -1.51. The number of likely N-dealkylation sites (tertiary alicyclic amines) is 1. The number of nitrogens with zero attached hydrogens (tertiary/aromatic N) is 2. The van der Waals surface area contributed by atoms with Gasteiger partial charge in [-0.05, 0) is 43.4 Å². The van der Waals surface area contributed by atoms with Crippen molar-refractivity contribution in [1.29, 1.82) is 0 Å². The van der Waals surface area contributed by atoms with Crippen LogP contribution in [0, 0.1) is 17.7 Å². The van der Waals surface area contributed by atoms with E-state index >= 15 is 0 Å². The summed E-state index contributed by atoms with van der Waals surface area (Å²) in [6.07, 6.45) is 6.57. The Morgan fingerprint density at radius 3 is 2.52 bits per heavy atom. The molecule has 1 amide bonds. The maximum absolute atomic E-state index is 13.4. The monoisotopic (exact) mass is 424 g/mol. The minimum atomic E-state index is -3.72. The molecule has 1 aromatic rings. The minimum Gasteiger partial charge on any atom is -0.335 e. The summed E-state index contributed by atoms with van der Waals surface area (Å²) < 4.78 is 40.2. The molecule has 0 bridgehead atoms. The number of carbonyl (C=O) groups excluding carboxylic acids is 1. The number of halogens is 1. The van der Waals surface area contributed by atoms with Crippen molar-refractivity contribution in [1.82, 2.24) is 9.21 Å². The van der Waals surface area contributed by atoms with Gasteiger partial charge in [0.15, 0.2) is 6.54 Å². The SMILES string of the molecule is O=C(C[NH+]1CC[C@H]2CCCC[C@@H]2C1)N1CCN(S(=O)(=O)c2cccc(F)c2)CC1. The zero-order valence-corrected chi connectivity index (χ0v) is 17.7. The van der Waals surface area contributed by atoms with Crippen LogP contribution < -0.4 is 4.90 Å². The second-order valence-electron chi connectivity index (χ2n) is 8.72. The molecule has 2 heterocycles. The van der Waals surface area contributed by atoms with E-state index in [2.05, 4.69) is 0 Å². The lowest BCUT2D eigenvalue weighted by atomic mass is 9.75. The van der Waals surface area contributed by atoms with Crippen LogP contribution in [0.1, 0.15) is 32.1 Å². The molecule has 1 saturated carbocycles. The molecule has 1 unspecified atom stereocenters. The first-order chi connectivity index (χ1) is 13.9. The molecular formula is C21H31FN3O3S+. The fraction of sp³-hybridized carbons (Fsp3) is 0.667. The van der Waals surface area contributed by atoms with Gasteiger partial charge in [0.05, 0.1) is 18.0 Å².